The van der Waals surface area contributed by atoms with Crippen molar-refractivity contribution in [2.75, 3.05) is 25.4 Å². The number of hydrogen-bond donors (Lipinski definition) is 0. The SMILES string of the molecule is [C-]#[N+]c1cnc2c(ccn2COCC[Si](C)(C)C)c1-c1cnn(C2(CC#N)CN(S(=O)(=O)CC)C2)c1. The fourth-order valence-electron chi connectivity index (χ4n) is 4.35. The Bertz CT molecular complexity index is 1450. The number of pyridine rings is 1. The summed E-state index contributed by atoms with van der Waals surface area (Å²) in [5.41, 5.74) is 1.83. The van der Waals surface area contributed by atoms with Crippen LogP contribution in [0.15, 0.2) is 30.9 Å². The topological polar surface area (TPSA) is 110 Å². The van der Waals surface area contributed by atoms with Crippen molar-refractivity contribution in [2.45, 2.75) is 51.3 Å². The van der Waals surface area contributed by atoms with Crippen LogP contribution in [0.25, 0.3) is 27.0 Å². The van der Waals surface area contributed by atoms with Crippen LogP contribution in [0.4, 0.5) is 5.69 Å². The van der Waals surface area contributed by atoms with E-state index in [9.17, 15) is 13.7 Å². The largest absolute Gasteiger partial charge is 0.361 e. The lowest BCUT2D eigenvalue weighted by atomic mass is 9.89. The summed E-state index contributed by atoms with van der Waals surface area (Å²) in [5, 5.41) is 14.8. The number of sulfonamides is 1. The smallest absolute Gasteiger partial charge is 0.213 e. The summed E-state index contributed by atoms with van der Waals surface area (Å²) >= 11 is 0. The number of aromatic nitrogens is 4. The number of rotatable bonds is 10. The summed E-state index contributed by atoms with van der Waals surface area (Å²) < 4.78 is 35.4. The molecule has 1 aliphatic heterocycles. The van der Waals surface area contributed by atoms with Crippen LogP contribution in [0.1, 0.15) is 13.3 Å². The van der Waals surface area contributed by atoms with Crippen molar-refractivity contribution in [3.05, 3.63) is 42.3 Å². The minimum Gasteiger partial charge on any atom is -0.361 e. The highest BCUT2D eigenvalue weighted by molar-refractivity contribution is 7.89. The molecule has 0 saturated carbocycles. The quantitative estimate of drug-likeness (QED) is 0.224. The van der Waals surface area contributed by atoms with Gasteiger partial charge in [-0.15, -0.1) is 0 Å². The zero-order valence-electron chi connectivity index (χ0n) is 21.1. The molecule has 0 unspecified atom stereocenters. The van der Waals surface area contributed by atoms with Gasteiger partial charge in [0.2, 0.25) is 15.7 Å². The zero-order valence-corrected chi connectivity index (χ0v) is 22.9. The van der Waals surface area contributed by atoms with Crippen molar-refractivity contribution in [1.82, 2.24) is 23.6 Å². The van der Waals surface area contributed by atoms with Gasteiger partial charge in [-0.05, 0) is 19.0 Å². The lowest BCUT2D eigenvalue weighted by Crippen LogP contribution is -2.64. The third-order valence-corrected chi connectivity index (χ3v) is 10.1. The predicted octanol–water partition coefficient (Wildman–Crippen LogP) is 4.04. The molecule has 0 aromatic carbocycles. The Morgan fingerprint density at radius 2 is 2.06 bits per heavy atom. The van der Waals surface area contributed by atoms with E-state index in [4.69, 9.17) is 11.3 Å². The first-order valence-electron chi connectivity index (χ1n) is 11.9. The molecule has 1 saturated heterocycles. The zero-order chi connectivity index (χ0) is 26.1. The van der Waals surface area contributed by atoms with E-state index in [1.165, 1.54) is 4.31 Å². The van der Waals surface area contributed by atoms with Crippen LogP contribution in [-0.2, 0) is 27.0 Å². The van der Waals surface area contributed by atoms with E-state index in [1.54, 1.807) is 30.2 Å². The molecule has 0 atom stereocenters. The third-order valence-electron chi connectivity index (χ3n) is 6.58. The summed E-state index contributed by atoms with van der Waals surface area (Å²) in [4.78, 5) is 8.20. The van der Waals surface area contributed by atoms with Crippen LogP contribution in [0.2, 0.25) is 25.7 Å². The van der Waals surface area contributed by atoms with E-state index in [2.05, 4.69) is 40.6 Å². The molecule has 0 radical (unpaired) electrons. The molecule has 0 aliphatic carbocycles. The van der Waals surface area contributed by atoms with Crippen LogP contribution in [0.5, 0.6) is 0 Å². The van der Waals surface area contributed by atoms with Gasteiger partial charge < -0.3 is 9.30 Å². The number of nitrogens with zero attached hydrogens (tertiary/aromatic N) is 7. The molecule has 1 aliphatic rings. The van der Waals surface area contributed by atoms with Gasteiger partial charge in [0.25, 0.3) is 0 Å². The Morgan fingerprint density at radius 3 is 2.69 bits per heavy atom. The van der Waals surface area contributed by atoms with E-state index in [-0.39, 0.29) is 25.3 Å². The Labute approximate surface area is 213 Å². The van der Waals surface area contributed by atoms with Gasteiger partial charge in [0.15, 0.2) is 0 Å². The van der Waals surface area contributed by atoms with E-state index in [0.29, 0.717) is 30.2 Å². The Balaban J connectivity index is 1.64. The average Bonchev–Trinajstić information content (AvgIpc) is 3.45. The van der Waals surface area contributed by atoms with Crippen LogP contribution in [0.3, 0.4) is 0 Å². The monoisotopic (exact) mass is 525 g/mol. The maximum atomic E-state index is 12.3. The van der Waals surface area contributed by atoms with Crippen LogP contribution >= 0.6 is 0 Å². The standard InChI is InChI=1S/C24H31N7O3SSi/c1-6-35(32,33)30-16-24(17-30,8-9-25)31-15-19(13-28-31)22-20-7-10-29(18-34-11-12-36(3,4)5)23(20)27-14-21(22)26-2/h7,10,13-15H,6,8,11-12,16-18H2,1,3-5H3. The average molecular weight is 526 g/mol. The summed E-state index contributed by atoms with van der Waals surface area (Å²) in [6.45, 7) is 17.7. The van der Waals surface area contributed by atoms with Crippen LogP contribution < -0.4 is 0 Å². The second kappa shape index (κ2) is 9.79. The molecule has 0 amide bonds. The normalized spacial score (nSPS) is 15.9. The number of fused-ring (bicyclic) bond motifs is 1. The molecule has 4 rings (SSSR count). The molecule has 0 spiro atoms. The molecule has 4 heterocycles. The second-order valence-corrected chi connectivity index (χ2v) is 18.3. The van der Waals surface area contributed by atoms with Gasteiger partial charge in [0.1, 0.15) is 17.9 Å². The third kappa shape index (κ3) is 4.95. The van der Waals surface area contributed by atoms with Crippen LogP contribution in [-0.4, -0.2) is 65.6 Å². The molecule has 3 aromatic rings. The lowest BCUT2D eigenvalue weighted by molar-refractivity contribution is 0.0719. The molecule has 0 N–H and O–H groups in total. The Kier molecular flexibility index (Phi) is 7.08. The highest BCUT2D eigenvalue weighted by atomic mass is 32.2. The van der Waals surface area contributed by atoms with Gasteiger partial charge in [0.05, 0.1) is 31.0 Å². The minimum atomic E-state index is -3.34. The van der Waals surface area contributed by atoms with Gasteiger partial charge in [-0.1, -0.05) is 19.6 Å². The summed E-state index contributed by atoms with van der Waals surface area (Å²) in [6.07, 6.45) is 7.07. The van der Waals surface area contributed by atoms with Gasteiger partial charge in [-0.3, -0.25) is 4.68 Å². The summed E-state index contributed by atoms with van der Waals surface area (Å²) in [5.74, 6) is 0.0161. The van der Waals surface area contributed by atoms with Gasteiger partial charge >= 0.3 is 0 Å². The lowest BCUT2D eigenvalue weighted by Gasteiger charge is -2.47. The molecule has 190 valence electrons. The Hall–Kier alpha value is -3.03. The van der Waals surface area contributed by atoms with Crippen molar-refractivity contribution < 1.29 is 13.2 Å². The fraction of sp³-hybridized carbons (Fsp3) is 0.500. The molecular weight excluding hydrogens is 494 g/mol. The van der Waals surface area contributed by atoms with Crippen molar-refractivity contribution in [1.29, 1.82) is 5.26 Å². The second-order valence-electron chi connectivity index (χ2n) is 10.4. The highest BCUT2D eigenvalue weighted by Crippen LogP contribution is 2.39. The van der Waals surface area contributed by atoms with Crippen molar-refractivity contribution >= 4 is 34.8 Å². The molecule has 36 heavy (non-hydrogen) atoms. The molecule has 10 nitrogen and oxygen atoms in total. The van der Waals surface area contributed by atoms with E-state index in [0.717, 1.165) is 17.0 Å². The van der Waals surface area contributed by atoms with Crippen molar-refractivity contribution in [3.8, 4) is 17.2 Å². The highest BCUT2D eigenvalue weighted by Gasteiger charge is 2.49. The minimum absolute atomic E-state index is 0.0161. The van der Waals surface area contributed by atoms with Crippen molar-refractivity contribution in [3.63, 3.8) is 0 Å². The molecule has 0 bridgehead atoms. The van der Waals surface area contributed by atoms with Gasteiger partial charge in [-0.25, -0.2) is 18.2 Å². The van der Waals surface area contributed by atoms with Gasteiger partial charge in [-0.2, -0.15) is 14.7 Å². The number of ether oxygens (including phenoxy) is 1. The first kappa shape index (κ1) is 26.0. The van der Waals surface area contributed by atoms with Gasteiger partial charge in [0, 0.05) is 62.9 Å². The Morgan fingerprint density at radius 1 is 1.31 bits per heavy atom. The predicted molar refractivity (Wildman–Crippen MR) is 141 cm³/mol. The molecule has 3 aromatic heterocycles. The first-order valence-corrected chi connectivity index (χ1v) is 17.2. The summed E-state index contributed by atoms with van der Waals surface area (Å²) in [6, 6.07) is 5.18. The van der Waals surface area contributed by atoms with Crippen molar-refractivity contribution in [2.24, 2.45) is 0 Å². The maximum Gasteiger partial charge on any atom is 0.213 e. The number of hydrogen-bond acceptors (Lipinski definition) is 6. The van der Waals surface area contributed by atoms with E-state index in [1.807, 2.05) is 16.8 Å². The maximum absolute atomic E-state index is 12.3. The van der Waals surface area contributed by atoms with E-state index < -0.39 is 23.6 Å². The number of nitriles is 1. The molecular formula is C24H31N7O3SSi. The fourth-order valence-corrected chi connectivity index (χ4v) is 6.34. The van der Waals surface area contributed by atoms with Crippen LogP contribution in [0, 0.1) is 17.9 Å². The molecule has 1 fully saturated rings. The van der Waals surface area contributed by atoms with E-state index >= 15 is 0 Å². The molecule has 12 heteroatoms. The first-order chi connectivity index (χ1) is 17.0. The summed E-state index contributed by atoms with van der Waals surface area (Å²) in [7, 11) is -4.52.